The van der Waals surface area contributed by atoms with E-state index in [2.05, 4.69) is 11.6 Å². The van der Waals surface area contributed by atoms with Crippen LogP contribution in [0.2, 0.25) is 5.02 Å². The fourth-order valence-corrected chi connectivity index (χ4v) is 5.03. The molecule has 2 aliphatic rings. The molecule has 0 unspecified atom stereocenters. The molecule has 1 heterocycles. The van der Waals surface area contributed by atoms with Crippen molar-refractivity contribution in [3.05, 3.63) is 40.4 Å². The SMILES string of the molecule is CC1=C(c2cccc(Cl)c2)S(=O)(=O)NC1=N[C@@H]1CCCC[C@@H]1C. The highest BCUT2D eigenvalue weighted by molar-refractivity contribution is 8.00. The number of nitrogens with one attached hydrogen (secondary N) is 1. The summed E-state index contributed by atoms with van der Waals surface area (Å²) < 4.78 is 27.7. The summed E-state index contributed by atoms with van der Waals surface area (Å²) in [7, 11) is -3.58. The molecule has 3 rings (SSSR count). The maximum Gasteiger partial charge on any atom is 0.264 e. The number of rotatable bonds is 2. The molecule has 0 amide bonds. The van der Waals surface area contributed by atoms with Gasteiger partial charge in [-0.3, -0.25) is 9.71 Å². The van der Waals surface area contributed by atoms with Crippen molar-refractivity contribution in [1.82, 2.24) is 4.72 Å². The Bertz CT molecular complexity index is 784. The number of nitrogens with zero attached hydrogens (tertiary/aromatic N) is 1. The lowest BCUT2D eigenvalue weighted by atomic mass is 9.86. The number of aliphatic imine (C=N–C) groups is 1. The molecule has 1 aromatic rings. The Morgan fingerprint density at radius 2 is 2.00 bits per heavy atom. The molecule has 4 nitrogen and oxygen atoms in total. The van der Waals surface area contributed by atoms with Crippen molar-refractivity contribution in [2.45, 2.75) is 45.6 Å². The molecule has 0 radical (unpaired) electrons. The highest BCUT2D eigenvalue weighted by atomic mass is 35.5. The van der Waals surface area contributed by atoms with Crippen molar-refractivity contribution in [1.29, 1.82) is 0 Å². The zero-order valence-electron chi connectivity index (χ0n) is 13.3. The molecule has 1 N–H and O–H groups in total. The van der Waals surface area contributed by atoms with Crippen molar-refractivity contribution in [3.63, 3.8) is 0 Å². The van der Waals surface area contributed by atoms with Gasteiger partial charge in [-0.15, -0.1) is 0 Å². The van der Waals surface area contributed by atoms with Gasteiger partial charge in [0.05, 0.1) is 6.04 Å². The fourth-order valence-electron chi connectivity index (χ4n) is 3.34. The van der Waals surface area contributed by atoms with Gasteiger partial charge in [0.25, 0.3) is 10.0 Å². The van der Waals surface area contributed by atoms with Gasteiger partial charge in [-0.25, -0.2) is 8.42 Å². The molecule has 1 aliphatic heterocycles. The number of hydrogen-bond acceptors (Lipinski definition) is 3. The topological polar surface area (TPSA) is 58.5 Å². The zero-order valence-corrected chi connectivity index (χ0v) is 14.9. The number of benzene rings is 1. The summed E-state index contributed by atoms with van der Waals surface area (Å²) in [6, 6.07) is 7.11. The highest BCUT2D eigenvalue weighted by Gasteiger charge is 2.34. The third kappa shape index (κ3) is 3.31. The van der Waals surface area contributed by atoms with E-state index in [-0.39, 0.29) is 10.9 Å². The van der Waals surface area contributed by atoms with Crippen molar-refractivity contribution in [2.75, 3.05) is 0 Å². The average molecular weight is 353 g/mol. The van der Waals surface area contributed by atoms with E-state index in [1.807, 2.05) is 0 Å². The largest absolute Gasteiger partial charge is 0.264 e. The fraction of sp³-hybridized carbons (Fsp3) is 0.471. The van der Waals surface area contributed by atoms with Crippen LogP contribution in [0.25, 0.3) is 4.91 Å². The maximum atomic E-state index is 12.5. The lowest BCUT2D eigenvalue weighted by Gasteiger charge is -2.25. The number of halogens is 1. The van der Waals surface area contributed by atoms with E-state index in [0.29, 0.717) is 27.9 Å². The molecule has 0 spiro atoms. The summed E-state index contributed by atoms with van der Waals surface area (Å²) in [6.45, 7) is 3.99. The van der Waals surface area contributed by atoms with Crippen LogP contribution in [0.3, 0.4) is 0 Å². The minimum atomic E-state index is -3.58. The van der Waals surface area contributed by atoms with E-state index < -0.39 is 10.0 Å². The van der Waals surface area contributed by atoms with E-state index in [0.717, 1.165) is 19.3 Å². The third-order valence-corrected chi connectivity index (χ3v) is 6.42. The average Bonchev–Trinajstić information content (AvgIpc) is 2.70. The van der Waals surface area contributed by atoms with Gasteiger partial charge in [0, 0.05) is 10.6 Å². The smallest absolute Gasteiger partial charge is 0.264 e. The first-order valence-electron chi connectivity index (χ1n) is 7.96. The second kappa shape index (κ2) is 6.29. The monoisotopic (exact) mass is 352 g/mol. The molecule has 0 saturated heterocycles. The first kappa shape index (κ1) is 16.5. The predicted octanol–water partition coefficient (Wildman–Crippen LogP) is 3.98. The van der Waals surface area contributed by atoms with Gasteiger partial charge in [-0.05, 0) is 43.4 Å². The number of amidine groups is 1. The van der Waals surface area contributed by atoms with Gasteiger partial charge in [0.15, 0.2) is 0 Å². The van der Waals surface area contributed by atoms with Crippen LogP contribution >= 0.6 is 11.6 Å². The highest BCUT2D eigenvalue weighted by Crippen LogP contribution is 2.33. The molecular weight excluding hydrogens is 332 g/mol. The van der Waals surface area contributed by atoms with Crippen LogP contribution in [-0.4, -0.2) is 20.3 Å². The van der Waals surface area contributed by atoms with Crippen LogP contribution in [0.1, 0.15) is 45.1 Å². The molecule has 0 bridgehead atoms. The van der Waals surface area contributed by atoms with Gasteiger partial charge in [-0.1, -0.05) is 43.5 Å². The second-order valence-electron chi connectivity index (χ2n) is 6.38. The molecule has 124 valence electrons. The zero-order chi connectivity index (χ0) is 16.6. The van der Waals surface area contributed by atoms with Gasteiger partial charge in [0.1, 0.15) is 10.7 Å². The Hall–Kier alpha value is -1.33. The molecule has 1 aliphatic carbocycles. The summed E-state index contributed by atoms with van der Waals surface area (Å²) in [5.74, 6) is 0.975. The Morgan fingerprint density at radius 1 is 1.26 bits per heavy atom. The van der Waals surface area contributed by atoms with Crippen molar-refractivity contribution in [3.8, 4) is 0 Å². The van der Waals surface area contributed by atoms with Crippen LogP contribution in [0.4, 0.5) is 0 Å². The summed E-state index contributed by atoms with van der Waals surface area (Å²) in [6.07, 6.45) is 4.56. The van der Waals surface area contributed by atoms with Crippen LogP contribution in [-0.2, 0) is 10.0 Å². The number of hydrogen-bond donors (Lipinski definition) is 1. The summed E-state index contributed by atoms with van der Waals surface area (Å²) in [4.78, 5) is 5.01. The summed E-state index contributed by atoms with van der Waals surface area (Å²) in [5, 5.41) is 0.518. The first-order chi connectivity index (χ1) is 10.9. The lowest BCUT2D eigenvalue weighted by Crippen LogP contribution is -2.28. The standard InChI is InChI=1S/C17H21ClN2O2S/c1-11-6-3-4-9-15(11)19-17-12(2)16(23(21,22)20-17)13-7-5-8-14(18)10-13/h5,7-8,10-11,15H,3-4,6,9H2,1-2H3,(H,19,20)/t11-,15+/m0/s1. The van der Waals surface area contributed by atoms with Crippen LogP contribution in [0.15, 0.2) is 34.8 Å². The van der Waals surface area contributed by atoms with E-state index in [9.17, 15) is 8.42 Å². The lowest BCUT2D eigenvalue weighted by molar-refractivity contribution is 0.333. The molecule has 6 heteroatoms. The van der Waals surface area contributed by atoms with Crippen LogP contribution in [0.5, 0.6) is 0 Å². The van der Waals surface area contributed by atoms with Crippen molar-refractivity contribution >= 4 is 32.4 Å². The molecular formula is C17H21ClN2O2S. The van der Waals surface area contributed by atoms with Crippen LogP contribution in [0, 0.1) is 5.92 Å². The van der Waals surface area contributed by atoms with E-state index in [1.165, 1.54) is 6.42 Å². The molecule has 23 heavy (non-hydrogen) atoms. The number of sulfonamides is 1. The Kier molecular flexibility index (Phi) is 4.52. The molecule has 1 saturated carbocycles. The Balaban J connectivity index is 2.02. The second-order valence-corrected chi connectivity index (χ2v) is 8.43. The van der Waals surface area contributed by atoms with Gasteiger partial charge < -0.3 is 0 Å². The normalized spacial score (nSPS) is 28.9. The van der Waals surface area contributed by atoms with Gasteiger partial charge >= 0.3 is 0 Å². The first-order valence-corrected chi connectivity index (χ1v) is 9.82. The third-order valence-electron chi connectivity index (χ3n) is 4.64. The van der Waals surface area contributed by atoms with E-state index in [1.54, 1.807) is 31.2 Å². The Labute approximate surface area is 142 Å². The summed E-state index contributed by atoms with van der Waals surface area (Å²) in [5.41, 5.74) is 1.27. The van der Waals surface area contributed by atoms with Crippen LogP contribution < -0.4 is 4.72 Å². The molecule has 2 atom stereocenters. The van der Waals surface area contributed by atoms with Crippen molar-refractivity contribution < 1.29 is 8.42 Å². The van der Waals surface area contributed by atoms with Gasteiger partial charge in [-0.2, -0.15) is 0 Å². The van der Waals surface area contributed by atoms with Gasteiger partial charge in [0.2, 0.25) is 0 Å². The predicted molar refractivity (Wildman–Crippen MR) is 95.0 cm³/mol. The van der Waals surface area contributed by atoms with E-state index in [4.69, 9.17) is 16.6 Å². The molecule has 0 aromatic heterocycles. The Morgan fingerprint density at radius 3 is 2.70 bits per heavy atom. The summed E-state index contributed by atoms with van der Waals surface area (Å²) >= 11 is 6.01. The van der Waals surface area contributed by atoms with E-state index >= 15 is 0 Å². The minimum Gasteiger partial charge on any atom is -0.264 e. The maximum absolute atomic E-state index is 12.5. The molecule has 1 aromatic carbocycles. The molecule has 1 fully saturated rings. The minimum absolute atomic E-state index is 0.190. The van der Waals surface area contributed by atoms with Crippen molar-refractivity contribution in [2.24, 2.45) is 10.9 Å². The quantitative estimate of drug-likeness (QED) is 0.875.